The van der Waals surface area contributed by atoms with Gasteiger partial charge in [-0.25, -0.2) is 13.8 Å². The van der Waals surface area contributed by atoms with E-state index in [9.17, 15) is 23.3 Å². The average molecular weight is 561 g/mol. The molecule has 1 heterocycles. The van der Waals surface area contributed by atoms with Crippen LogP contribution in [0.15, 0.2) is 81.2 Å². The first-order valence-corrected chi connectivity index (χ1v) is 12.2. The molecule has 0 radical (unpaired) electrons. The standard InChI is InChI=1S/C22H17BrN4O7S/c23-19-11-21-20(33-14-34-21)9-15(19)12-24-25-22(28)13-26(16-5-4-6-17(10-16)27(29)30)35(31,32)18-7-2-1-3-8-18/h1-12H,13-14H2,(H,25,28)/b24-12-. The smallest absolute Gasteiger partial charge is 0.271 e. The van der Waals surface area contributed by atoms with Gasteiger partial charge >= 0.3 is 0 Å². The van der Waals surface area contributed by atoms with Gasteiger partial charge < -0.3 is 9.47 Å². The third-order valence-corrected chi connectivity index (χ3v) is 7.31. The van der Waals surface area contributed by atoms with Gasteiger partial charge in [0, 0.05) is 22.2 Å². The molecule has 1 aliphatic rings. The first-order valence-electron chi connectivity index (χ1n) is 9.99. The zero-order chi connectivity index (χ0) is 25.0. The topological polar surface area (TPSA) is 140 Å². The Morgan fingerprint density at radius 2 is 1.83 bits per heavy atom. The highest BCUT2D eigenvalue weighted by Gasteiger charge is 2.28. The Morgan fingerprint density at radius 1 is 1.11 bits per heavy atom. The molecule has 0 aromatic heterocycles. The van der Waals surface area contributed by atoms with Gasteiger partial charge in [0.2, 0.25) is 6.79 Å². The molecule has 0 fully saturated rings. The number of anilines is 1. The quantitative estimate of drug-likeness (QED) is 0.252. The molecule has 180 valence electrons. The Kier molecular flexibility index (Phi) is 6.98. The number of fused-ring (bicyclic) bond motifs is 1. The van der Waals surface area contributed by atoms with Crippen molar-refractivity contribution in [3.05, 3.63) is 86.9 Å². The maximum atomic E-state index is 13.3. The summed E-state index contributed by atoms with van der Waals surface area (Å²) in [5.41, 5.74) is 2.51. The molecule has 4 rings (SSSR count). The van der Waals surface area contributed by atoms with E-state index in [1.54, 1.807) is 18.2 Å². The SMILES string of the molecule is O=C(CN(c1cccc([N+](=O)[O-])c1)S(=O)(=O)c1ccccc1)N/N=C\c1cc2c(cc1Br)OCO2. The van der Waals surface area contributed by atoms with Gasteiger partial charge in [-0.15, -0.1) is 0 Å². The van der Waals surface area contributed by atoms with Gasteiger partial charge in [0.1, 0.15) is 6.54 Å². The molecule has 0 atom stereocenters. The summed E-state index contributed by atoms with van der Waals surface area (Å²) in [6.07, 6.45) is 1.35. The molecule has 35 heavy (non-hydrogen) atoms. The molecule has 3 aromatic rings. The van der Waals surface area contributed by atoms with Crippen molar-refractivity contribution >= 4 is 49.4 Å². The molecule has 1 amide bonds. The van der Waals surface area contributed by atoms with E-state index in [2.05, 4.69) is 26.5 Å². The van der Waals surface area contributed by atoms with Gasteiger partial charge in [0.15, 0.2) is 11.5 Å². The van der Waals surface area contributed by atoms with E-state index in [0.29, 0.717) is 21.5 Å². The number of nitro groups is 1. The van der Waals surface area contributed by atoms with Crippen molar-refractivity contribution in [1.29, 1.82) is 0 Å². The molecular formula is C22H17BrN4O7S. The van der Waals surface area contributed by atoms with Gasteiger partial charge in [-0.3, -0.25) is 19.2 Å². The second-order valence-corrected chi connectivity index (χ2v) is 9.84. The fourth-order valence-electron chi connectivity index (χ4n) is 3.17. The van der Waals surface area contributed by atoms with Crippen molar-refractivity contribution in [2.75, 3.05) is 17.6 Å². The largest absolute Gasteiger partial charge is 0.454 e. The summed E-state index contributed by atoms with van der Waals surface area (Å²) in [7, 11) is -4.22. The van der Waals surface area contributed by atoms with Crippen LogP contribution in [0.4, 0.5) is 11.4 Å². The monoisotopic (exact) mass is 560 g/mol. The number of hydrogen-bond donors (Lipinski definition) is 1. The highest BCUT2D eigenvalue weighted by atomic mass is 79.9. The van der Waals surface area contributed by atoms with E-state index in [1.165, 1.54) is 48.7 Å². The number of nitro benzene ring substituents is 1. The fourth-order valence-corrected chi connectivity index (χ4v) is 5.03. The molecule has 0 spiro atoms. The number of sulfonamides is 1. The van der Waals surface area contributed by atoms with E-state index in [1.807, 2.05) is 0 Å². The average Bonchev–Trinajstić information content (AvgIpc) is 3.30. The number of halogens is 1. The molecule has 0 saturated carbocycles. The molecule has 1 N–H and O–H groups in total. The first kappa shape index (κ1) is 24.2. The van der Waals surface area contributed by atoms with Crippen molar-refractivity contribution < 1.29 is 27.6 Å². The number of hydrazone groups is 1. The Labute approximate surface area is 208 Å². The number of amides is 1. The third kappa shape index (κ3) is 5.41. The Morgan fingerprint density at radius 3 is 2.54 bits per heavy atom. The lowest BCUT2D eigenvalue weighted by molar-refractivity contribution is -0.384. The Hall–Kier alpha value is -3.97. The maximum absolute atomic E-state index is 13.3. The fraction of sp³-hybridized carbons (Fsp3) is 0.0909. The summed E-state index contributed by atoms with van der Waals surface area (Å²) in [4.78, 5) is 23.1. The van der Waals surface area contributed by atoms with Crippen molar-refractivity contribution in [3.8, 4) is 11.5 Å². The maximum Gasteiger partial charge on any atom is 0.271 e. The van der Waals surface area contributed by atoms with Crippen LogP contribution < -0.4 is 19.2 Å². The van der Waals surface area contributed by atoms with Crippen molar-refractivity contribution in [2.24, 2.45) is 5.10 Å². The predicted molar refractivity (Wildman–Crippen MR) is 130 cm³/mol. The summed E-state index contributed by atoms with van der Waals surface area (Å²) in [5, 5.41) is 15.1. The van der Waals surface area contributed by atoms with Gasteiger partial charge in [-0.05, 0) is 46.3 Å². The Balaban J connectivity index is 1.57. The van der Waals surface area contributed by atoms with Crippen LogP contribution in [0.25, 0.3) is 0 Å². The lowest BCUT2D eigenvalue weighted by Crippen LogP contribution is -2.39. The third-order valence-electron chi connectivity index (χ3n) is 4.83. The van der Waals surface area contributed by atoms with E-state index in [-0.39, 0.29) is 23.1 Å². The van der Waals surface area contributed by atoms with Crippen molar-refractivity contribution in [2.45, 2.75) is 4.90 Å². The van der Waals surface area contributed by atoms with Gasteiger partial charge in [0.05, 0.1) is 21.7 Å². The number of nitrogens with zero attached hydrogens (tertiary/aromatic N) is 3. The number of carbonyl (C=O) groups excluding carboxylic acids is 1. The van der Waals surface area contributed by atoms with Crippen LogP contribution in [-0.4, -0.2) is 38.8 Å². The second-order valence-electron chi connectivity index (χ2n) is 7.12. The second kappa shape index (κ2) is 10.1. The summed E-state index contributed by atoms with van der Waals surface area (Å²) >= 11 is 3.38. The summed E-state index contributed by atoms with van der Waals surface area (Å²) in [6, 6.07) is 15.8. The summed E-state index contributed by atoms with van der Waals surface area (Å²) < 4.78 is 38.6. The highest BCUT2D eigenvalue weighted by Crippen LogP contribution is 2.36. The number of ether oxygens (including phenoxy) is 2. The van der Waals surface area contributed by atoms with Crippen molar-refractivity contribution in [3.63, 3.8) is 0 Å². The van der Waals surface area contributed by atoms with Gasteiger partial charge in [-0.2, -0.15) is 5.10 Å². The Bertz CT molecular complexity index is 1410. The van der Waals surface area contributed by atoms with Crippen LogP contribution in [0.5, 0.6) is 11.5 Å². The number of rotatable bonds is 8. The lowest BCUT2D eigenvalue weighted by Gasteiger charge is -2.23. The molecule has 13 heteroatoms. The number of carbonyl (C=O) groups is 1. The predicted octanol–water partition coefficient (Wildman–Crippen LogP) is 3.43. The van der Waals surface area contributed by atoms with Crippen LogP contribution in [0.1, 0.15) is 5.56 Å². The van der Waals surface area contributed by atoms with E-state index in [4.69, 9.17) is 9.47 Å². The van der Waals surface area contributed by atoms with Gasteiger partial charge in [0.25, 0.3) is 21.6 Å². The molecule has 1 aliphatic heterocycles. The van der Waals surface area contributed by atoms with E-state index in [0.717, 1.165) is 10.4 Å². The number of benzene rings is 3. The summed E-state index contributed by atoms with van der Waals surface area (Å²) in [6.45, 7) is -0.569. The van der Waals surface area contributed by atoms with E-state index < -0.39 is 27.4 Å². The first-order chi connectivity index (χ1) is 16.8. The normalized spacial score (nSPS) is 12.5. The molecule has 0 unspecified atom stereocenters. The van der Waals surface area contributed by atoms with Crippen molar-refractivity contribution in [1.82, 2.24) is 5.43 Å². The lowest BCUT2D eigenvalue weighted by atomic mass is 10.2. The van der Waals surface area contributed by atoms with Crippen LogP contribution in [-0.2, 0) is 14.8 Å². The van der Waals surface area contributed by atoms with Gasteiger partial charge in [-0.1, -0.05) is 24.3 Å². The van der Waals surface area contributed by atoms with Crippen LogP contribution in [0.2, 0.25) is 0 Å². The zero-order valence-electron chi connectivity index (χ0n) is 17.8. The minimum Gasteiger partial charge on any atom is -0.454 e. The van der Waals surface area contributed by atoms with E-state index >= 15 is 0 Å². The van der Waals surface area contributed by atoms with Crippen LogP contribution in [0, 0.1) is 10.1 Å². The summed E-state index contributed by atoms with van der Waals surface area (Å²) in [5.74, 6) is 0.327. The highest BCUT2D eigenvalue weighted by molar-refractivity contribution is 9.10. The minimum absolute atomic E-state index is 0.0410. The molecule has 3 aromatic carbocycles. The van der Waals surface area contributed by atoms with Crippen LogP contribution >= 0.6 is 15.9 Å². The number of non-ortho nitro benzene ring substituents is 1. The number of nitrogens with one attached hydrogen (secondary N) is 1. The van der Waals surface area contributed by atoms with Crippen LogP contribution in [0.3, 0.4) is 0 Å². The molecule has 0 aliphatic carbocycles. The molecular weight excluding hydrogens is 544 g/mol. The molecule has 0 saturated heterocycles. The molecule has 11 nitrogen and oxygen atoms in total. The number of hydrogen-bond acceptors (Lipinski definition) is 8. The minimum atomic E-state index is -4.22. The zero-order valence-corrected chi connectivity index (χ0v) is 20.2. The molecule has 0 bridgehead atoms.